The Kier molecular flexibility index (Phi) is 4.53. The highest BCUT2D eigenvalue weighted by molar-refractivity contribution is 7.89. The maximum absolute atomic E-state index is 11.1. The third-order valence-electron chi connectivity index (χ3n) is 2.53. The van der Waals surface area contributed by atoms with Gasteiger partial charge in [-0.25, -0.2) is 13.6 Å². The van der Waals surface area contributed by atoms with Gasteiger partial charge in [0.1, 0.15) is 0 Å². The minimum Gasteiger partial charge on any atom is -0.490 e. The zero-order valence-corrected chi connectivity index (χ0v) is 11.1. The summed E-state index contributed by atoms with van der Waals surface area (Å²) in [6.07, 6.45) is 3.32. The van der Waals surface area contributed by atoms with Gasteiger partial charge in [0.2, 0.25) is 10.0 Å². The van der Waals surface area contributed by atoms with E-state index in [2.05, 4.69) is 5.10 Å². The Labute approximate surface area is 102 Å². The fraction of sp³-hybridized carbons (Fsp3) is 0.700. The molecule has 0 radical (unpaired) electrons. The number of sulfonamides is 1. The highest BCUT2D eigenvalue weighted by Crippen LogP contribution is 2.15. The number of hydrogen-bond acceptors (Lipinski definition) is 4. The first-order chi connectivity index (χ1) is 7.78. The first-order valence-electron chi connectivity index (χ1n) is 5.40. The maximum Gasteiger partial charge on any atom is 0.209 e. The van der Waals surface area contributed by atoms with Gasteiger partial charge in [-0.15, -0.1) is 0 Å². The Balaban J connectivity index is 2.56. The number of ether oxygens (including phenoxy) is 1. The largest absolute Gasteiger partial charge is 0.490 e. The Hall–Kier alpha value is -1.08. The topological polar surface area (TPSA) is 87.2 Å². The fourth-order valence-electron chi connectivity index (χ4n) is 1.41. The predicted octanol–water partition coefficient (Wildman–Crippen LogP) is 0.360. The number of primary sulfonamides is 1. The first-order valence-corrected chi connectivity index (χ1v) is 7.11. The van der Waals surface area contributed by atoms with Crippen LogP contribution in [0, 0.1) is 11.8 Å². The lowest BCUT2D eigenvalue weighted by Gasteiger charge is -2.19. The Morgan fingerprint density at radius 1 is 1.53 bits per heavy atom. The molecule has 1 unspecified atom stereocenters. The number of hydrogen-bond donors (Lipinski definition) is 1. The average molecular weight is 261 g/mol. The van der Waals surface area contributed by atoms with Crippen molar-refractivity contribution in [3.63, 3.8) is 0 Å². The van der Waals surface area contributed by atoms with Crippen LogP contribution in [-0.4, -0.2) is 30.6 Å². The van der Waals surface area contributed by atoms with Crippen LogP contribution in [0.5, 0.6) is 5.75 Å². The van der Waals surface area contributed by atoms with Crippen molar-refractivity contribution in [2.75, 3.05) is 12.4 Å². The monoisotopic (exact) mass is 261 g/mol. The van der Waals surface area contributed by atoms with E-state index in [9.17, 15) is 8.42 Å². The quantitative estimate of drug-likeness (QED) is 0.801. The van der Waals surface area contributed by atoms with Crippen LogP contribution in [0.3, 0.4) is 0 Å². The second-order valence-electron chi connectivity index (χ2n) is 4.49. The summed E-state index contributed by atoms with van der Waals surface area (Å²) in [7, 11) is -1.68. The standard InChI is InChI=1S/C10H19N3O3S/c1-8(2)9(7-17(11,14)15)6-16-10-4-12-13(3)5-10/h4-5,8-9H,6-7H2,1-3H3,(H2,11,14,15). The maximum atomic E-state index is 11.1. The van der Waals surface area contributed by atoms with Gasteiger partial charge in [0.05, 0.1) is 24.8 Å². The van der Waals surface area contributed by atoms with Gasteiger partial charge in [-0.3, -0.25) is 4.68 Å². The molecule has 0 aliphatic heterocycles. The van der Waals surface area contributed by atoms with Gasteiger partial charge in [0, 0.05) is 13.0 Å². The summed E-state index contributed by atoms with van der Waals surface area (Å²) in [5, 5.41) is 9.01. The number of nitrogens with zero attached hydrogens (tertiary/aromatic N) is 2. The van der Waals surface area contributed by atoms with Crippen LogP contribution in [-0.2, 0) is 17.1 Å². The molecular formula is C10H19N3O3S. The molecule has 1 heterocycles. The van der Waals surface area contributed by atoms with Gasteiger partial charge in [0.25, 0.3) is 0 Å². The number of rotatable bonds is 6. The normalized spacial score (nSPS) is 13.9. The summed E-state index contributed by atoms with van der Waals surface area (Å²) in [5.74, 6) is 0.632. The molecular weight excluding hydrogens is 242 g/mol. The molecule has 0 aromatic carbocycles. The number of aromatic nitrogens is 2. The summed E-state index contributed by atoms with van der Waals surface area (Å²) in [5.41, 5.74) is 0. The zero-order chi connectivity index (χ0) is 13.1. The molecule has 0 amide bonds. The molecule has 0 saturated carbocycles. The lowest BCUT2D eigenvalue weighted by atomic mass is 9.99. The van der Waals surface area contributed by atoms with Crippen molar-refractivity contribution in [1.29, 1.82) is 0 Å². The number of nitrogens with two attached hydrogens (primary N) is 1. The molecule has 0 aliphatic rings. The molecule has 0 fully saturated rings. The molecule has 0 spiro atoms. The van der Waals surface area contributed by atoms with Crippen molar-refractivity contribution in [3.05, 3.63) is 12.4 Å². The van der Waals surface area contributed by atoms with E-state index in [0.717, 1.165) is 0 Å². The van der Waals surface area contributed by atoms with Crippen molar-refractivity contribution < 1.29 is 13.2 Å². The van der Waals surface area contributed by atoms with Gasteiger partial charge < -0.3 is 4.74 Å². The molecule has 0 bridgehead atoms. The smallest absolute Gasteiger partial charge is 0.209 e. The van der Waals surface area contributed by atoms with E-state index < -0.39 is 10.0 Å². The molecule has 6 nitrogen and oxygen atoms in total. The van der Waals surface area contributed by atoms with Crippen molar-refractivity contribution in [2.45, 2.75) is 13.8 Å². The van der Waals surface area contributed by atoms with E-state index in [1.54, 1.807) is 24.1 Å². The molecule has 1 rings (SSSR count). The summed E-state index contributed by atoms with van der Waals surface area (Å²) in [6, 6.07) is 0. The first kappa shape index (κ1) is 14.0. The van der Waals surface area contributed by atoms with E-state index in [0.29, 0.717) is 12.4 Å². The van der Waals surface area contributed by atoms with Crippen molar-refractivity contribution in [2.24, 2.45) is 24.0 Å². The Morgan fingerprint density at radius 3 is 2.59 bits per heavy atom. The van der Waals surface area contributed by atoms with Crippen LogP contribution in [0.4, 0.5) is 0 Å². The summed E-state index contributed by atoms with van der Waals surface area (Å²) in [4.78, 5) is 0. The highest BCUT2D eigenvalue weighted by atomic mass is 32.2. The van der Waals surface area contributed by atoms with E-state index in [-0.39, 0.29) is 17.6 Å². The second-order valence-corrected chi connectivity index (χ2v) is 6.15. The Morgan fingerprint density at radius 2 is 2.18 bits per heavy atom. The van der Waals surface area contributed by atoms with E-state index in [1.807, 2.05) is 13.8 Å². The molecule has 0 saturated heterocycles. The minimum atomic E-state index is -3.47. The van der Waals surface area contributed by atoms with Gasteiger partial charge in [0.15, 0.2) is 5.75 Å². The van der Waals surface area contributed by atoms with Crippen molar-refractivity contribution in [1.82, 2.24) is 9.78 Å². The van der Waals surface area contributed by atoms with Gasteiger partial charge >= 0.3 is 0 Å². The van der Waals surface area contributed by atoms with Crippen LogP contribution >= 0.6 is 0 Å². The van der Waals surface area contributed by atoms with Gasteiger partial charge in [-0.1, -0.05) is 13.8 Å². The number of aryl methyl sites for hydroxylation is 1. The van der Waals surface area contributed by atoms with Crippen LogP contribution in [0.25, 0.3) is 0 Å². The lowest BCUT2D eigenvalue weighted by Crippen LogP contribution is -2.30. The third kappa shape index (κ3) is 5.18. The molecule has 2 N–H and O–H groups in total. The molecule has 0 aliphatic carbocycles. The minimum absolute atomic E-state index is 0.0646. The molecule has 1 atom stereocenters. The third-order valence-corrected chi connectivity index (χ3v) is 3.43. The molecule has 1 aromatic heterocycles. The van der Waals surface area contributed by atoms with Crippen molar-refractivity contribution in [3.8, 4) is 5.75 Å². The van der Waals surface area contributed by atoms with Crippen LogP contribution in [0.1, 0.15) is 13.8 Å². The molecule has 17 heavy (non-hydrogen) atoms. The second kappa shape index (κ2) is 5.50. The average Bonchev–Trinajstić information content (AvgIpc) is 2.56. The highest BCUT2D eigenvalue weighted by Gasteiger charge is 2.20. The summed E-state index contributed by atoms with van der Waals surface area (Å²) in [6.45, 7) is 4.21. The van der Waals surface area contributed by atoms with E-state index >= 15 is 0 Å². The molecule has 98 valence electrons. The summed E-state index contributed by atoms with van der Waals surface area (Å²) >= 11 is 0. The molecule has 7 heteroatoms. The van der Waals surface area contributed by atoms with Crippen LogP contribution in [0.2, 0.25) is 0 Å². The Bertz CT molecular complexity index is 453. The lowest BCUT2D eigenvalue weighted by molar-refractivity contribution is 0.224. The fourth-order valence-corrected chi connectivity index (χ4v) is 2.49. The van der Waals surface area contributed by atoms with E-state index in [1.165, 1.54) is 0 Å². The molecule has 1 aromatic rings. The van der Waals surface area contributed by atoms with Gasteiger partial charge in [-0.2, -0.15) is 5.10 Å². The zero-order valence-electron chi connectivity index (χ0n) is 10.3. The van der Waals surface area contributed by atoms with Crippen molar-refractivity contribution >= 4 is 10.0 Å². The predicted molar refractivity (Wildman–Crippen MR) is 65.0 cm³/mol. The van der Waals surface area contributed by atoms with Gasteiger partial charge in [-0.05, 0) is 5.92 Å². The SMILES string of the molecule is CC(C)C(COc1cnn(C)c1)CS(N)(=O)=O. The van der Waals surface area contributed by atoms with Crippen LogP contribution < -0.4 is 9.88 Å². The van der Waals surface area contributed by atoms with Crippen LogP contribution in [0.15, 0.2) is 12.4 Å². The van der Waals surface area contributed by atoms with E-state index in [4.69, 9.17) is 9.88 Å². The summed E-state index contributed by atoms with van der Waals surface area (Å²) < 4.78 is 29.3.